The van der Waals surface area contributed by atoms with Gasteiger partial charge in [0.05, 0.1) is 11.2 Å². The molecule has 0 aliphatic carbocycles. The highest BCUT2D eigenvalue weighted by molar-refractivity contribution is 5.95. The van der Waals surface area contributed by atoms with Crippen molar-refractivity contribution in [3.05, 3.63) is 115 Å². The molecule has 0 bridgehead atoms. The van der Waals surface area contributed by atoms with Gasteiger partial charge in [-0.05, 0) is 40.5 Å². The summed E-state index contributed by atoms with van der Waals surface area (Å²) in [5.74, 6) is 0. The van der Waals surface area contributed by atoms with Crippen LogP contribution in [0, 0.1) is 0 Å². The first-order chi connectivity index (χ1) is 13.9. The Morgan fingerprint density at radius 3 is 1.86 bits per heavy atom. The molecule has 132 valence electrons. The Labute approximate surface area is 165 Å². The highest BCUT2D eigenvalue weighted by Crippen LogP contribution is 2.31. The molecule has 28 heavy (non-hydrogen) atoms. The Bertz CT molecular complexity index is 1240. The normalized spacial score (nSPS) is 10.9. The summed E-state index contributed by atoms with van der Waals surface area (Å²) >= 11 is 0. The summed E-state index contributed by atoms with van der Waals surface area (Å²) in [7, 11) is 0. The molecule has 5 aromatic rings. The summed E-state index contributed by atoms with van der Waals surface area (Å²) in [4.78, 5) is 4.97. The molecule has 0 N–H and O–H groups in total. The van der Waals surface area contributed by atoms with E-state index in [9.17, 15) is 0 Å². The Kier molecular flexibility index (Phi) is 4.19. The van der Waals surface area contributed by atoms with E-state index in [-0.39, 0.29) is 0 Å². The molecule has 1 heteroatoms. The van der Waals surface area contributed by atoms with E-state index in [1.807, 2.05) is 12.1 Å². The number of aromatic nitrogens is 1. The zero-order valence-corrected chi connectivity index (χ0v) is 15.4. The SMILES string of the molecule is c1ccc(-c2cccc(-c3ccc4c(-c5ccccc5)cccc4n3)c2)cc1. The van der Waals surface area contributed by atoms with Gasteiger partial charge in [0.15, 0.2) is 0 Å². The number of pyridine rings is 1. The van der Waals surface area contributed by atoms with E-state index in [2.05, 4.69) is 103 Å². The second kappa shape index (κ2) is 7.13. The lowest BCUT2D eigenvalue weighted by atomic mass is 9.98. The average Bonchev–Trinajstić information content (AvgIpc) is 2.79. The van der Waals surface area contributed by atoms with Crippen LogP contribution in [0.4, 0.5) is 0 Å². The van der Waals surface area contributed by atoms with Crippen LogP contribution in [0.1, 0.15) is 0 Å². The van der Waals surface area contributed by atoms with Crippen molar-refractivity contribution in [2.75, 3.05) is 0 Å². The fraction of sp³-hybridized carbons (Fsp3) is 0. The first kappa shape index (κ1) is 16.5. The third-order valence-electron chi connectivity index (χ3n) is 5.08. The van der Waals surface area contributed by atoms with Gasteiger partial charge < -0.3 is 0 Å². The number of hydrogen-bond donors (Lipinski definition) is 0. The molecule has 0 aliphatic heterocycles. The lowest BCUT2D eigenvalue weighted by Crippen LogP contribution is -1.88. The molecule has 0 saturated heterocycles. The molecule has 1 heterocycles. The topological polar surface area (TPSA) is 12.9 Å². The summed E-state index contributed by atoms with van der Waals surface area (Å²) in [5.41, 5.74) is 8.01. The molecule has 5 rings (SSSR count). The van der Waals surface area contributed by atoms with Gasteiger partial charge >= 0.3 is 0 Å². The van der Waals surface area contributed by atoms with Crippen molar-refractivity contribution in [3.63, 3.8) is 0 Å². The van der Waals surface area contributed by atoms with Crippen molar-refractivity contribution in [3.8, 4) is 33.5 Å². The van der Waals surface area contributed by atoms with Crippen molar-refractivity contribution in [2.24, 2.45) is 0 Å². The zero-order chi connectivity index (χ0) is 18.8. The van der Waals surface area contributed by atoms with Crippen LogP contribution >= 0.6 is 0 Å². The van der Waals surface area contributed by atoms with Gasteiger partial charge in [0.2, 0.25) is 0 Å². The van der Waals surface area contributed by atoms with Crippen LogP contribution < -0.4 is 0 Å². The maximum absolute atomic E-state index is 4.97. The second-order valence-corrected chi connectivity index (χ2v) is 6.88. The minimum atomic E-state index is 0.996. The smallest absolute Gasteiger partial charge is 0.0715 e. The van der Waals surface area contributed by atoms with Gasteiger partial charge in [0.25, 0.3) is 0 Å². The predicted octanol–water partition coefficient (Wildman–Crippen LogP) is 7.24. The fourth-order valence-electron chi connectivity index (χ4n) is 3.67. The lowest BCUT2D eigenvalue weighted by Gasteiger charge is -2.09. The van der Waals surface area contributed by atoms with Gasteiger partial charge in [-0.2, -0.15) is 0 Å². The first-order valence-corrected chi connectivity index (χ1v) is 9.49. The third kappa shape index (κ3) is 3.08. The fourth-order valence-corrected chi connectivity index (χ4v) is 3.67. The highest BCUT2D eigenvalue weighted by Gasteiger charge is 2.07. The maximum Gasteiger partial charge on any atom is 0.0715 e. The Balaban J connectivity index is 1.60. The van der Waals surface area contributed by atoms with Crippen LogP contribution in [0.15, 0.2) is 115 Å². The molecule has 4 aromatic carbocycles. The van der Waals surface area contributed by atoms with Crippen molar-refractivity contribution >= 4 is 10.9 Å². The standard InChI is InChI=1S/C27H19N/c1-3-9-20(10-4-1)22-13-7-14-23(19-22)26-18-17-25-24(15-8-16-27(25)28-26)21-11-5-2-6-12-21/h1-19H. The summed E-state index contributed by atoms with van der Waals surface area (Å²) in [6.07, 6.45) is 0. The van der Waals surface area contributed by atoms with E-state index in [0.29, 0.717) is 0 Å². The van der Waals surface area contributed by atoms with Gasteiger partial charge in [-0.15, -0.1) is 0 Å². The Morgan fingerprint density at radius 1 is 0.429 bits per heavy atom. The van der Waals surface area contributed by atoms with Gasteiger partial charge in [-0.25, -0.2) is 4.98 Å². The minimum Gasteiger partial charge on any atom is -0.248 e. The largest absolute Gasteiger partial charge is 0.248 e. The summed E-state index contributed by atoms with van der Waals surface area (Å²) in [6.45, 7) is 0. The van der Waals surface area contributed by atoms with E-state index in [4.69, 9.17) is 4.98 Å². The van der Waals surface area contributed by atoms with Crippen molar-refractivity contribution in [2.45, 2.75) is 0 Å². The second-order valence-electron chi connectivity index (χ2n) is 6.88. The van der Waals surface area contributed by atoms with Crippen LogP contribution in [0.3, 0.4) is 0 Å². The molecule has 0 spiro atoms. The predicted molar refractivity (Wildman–Crippen MR) is 118 cm³/mol. The van der Waals surface area contributed by atoms with Crippen LogP contribution in [-0.4, -0.2) is 4.98 Å². The monoisotopic (exact) mass is 357 g/mol. The van der Waals surface area contributed by atoms with Gasteiger partial charge in [0, 0.05) is 10.9 Å². The van der Waals surface area contributed by atoms with Crippen LogP contribution in [-0.2, 0) is 0 Å². The number of fused-ring (bicyclic) bond motifs is 1. The number of nitrogens with zero attached hydrogens (tertiary/aromatic N) is 1. The highest BCUT2D eigenvalue weighted by atomic mass is 14.7. The Hall–Kier alpha value is -3.71. The van der Waals surface area contributed by atoms with Gasteiger partial charge in [-0.3, -0.25) is 0 Å². The molecule has 0 saturated carbocycles. The molecule has 1 aromatic heterocycles. The molecule has 0 fully saturated rings. The molecular weight excluding hydrogens is 338 g/mol. The number of rotatable bonds is 3. The summed E-state index contributed by atoms with van der Waals surface area (Å²) in [6, 6.07) is 40.2. The van der Waals surface area contributed by atoms with E-state index in [0.717, 1.165) is 16.8 Å². The van der Waals surface area contributed by atoms with Crippen LogP contribution in [0.2, 0.25) is 0 Å². The molecular formula is C27H19N. The van der Waals surface area contributed by atoms with Crippen LogP contribution in [0.25, 0.3) is 44.4 Å². The van der Waals surface area contributed by atoms with E-state index < -0.39 is 0 Å². The Morgan fingerprint density at radius 2 is 1.07 bits per heavy atom. The van der Waals surface area contributed by atoms with Gasteiger partial charge in [-0.1, -0.05) is 97.1 Å². The summed E-state index contributed by atoms with van der Waals surface area (Å²) < 4.78 is 0. The van der Waals surface area contributed by atoms with E-state index >= 15 is 0 Å². The van der Waals surface area contributed by atoms with E-state index in [1.54, 1.807) is 0 Å². The number of hydrogen-bond acceptors (Lipinski definition) is 1. The third-order valence-corrected chi connectivity index (χ3v) is 5.08. The van der Waals surface area contributed by atoms with Crippen molar-refractivity contribution < 1.29 is 0 Å². The molecule has 1 nitrogen and oxygen atoms in total. The molecule has 0 amide bonds. The zero-order valence-electron chi connectivity index (χ0n) is 15.4. The van der Waals surface area contributed by atoms with Crippen molar-refractivity contribution in [1.82, 2.24) is 4.98 Å². The molecule has 0 unspecified atom stereocenters. The summed E-state index contributed by atoms with van der Waals surface area (Å²) in [5, 5.41) is 1.18. The molecule has 0 atom stereocenters. The minimum absolute atomic E-state index is 0.996. The van der Waals surface area contributed by atoms with Crippen molar-refractivity contribution in [1.29, 1.82) is 0 Å². The molecule has 0 aliphatic rings. The van der Waals surface area contributed by atoms with Gasteiger partial charge in [0.1, 0.15) is 0 Å². The first-order valence-electron chi connectivity index (χ1n) is 9.49. The van der Waals surface area contributed by atoms with E-state index in [1.165, 1.54) is 27.6 Å². The number of benzene rings is 4. The molecule has 0 radical (unpaired) electrons. The lowest BCUT2D eigenvalue weighted by molar-refractivity contribution is 1.40. The van der Waals surface area contributed by atoms with Crippen LogP contribution in [0.5, 0.6) is 0 Å². The quantitative estimate of drug-likeness (QED) is 0.332. The maximum atomic E-state index is 4.97. The average molecular weight is 357 g/mol.